The van der Waals surface area contributed by atoms with Gasteiger partial charge in [-0.3, -0.25) is 4.79 Å². The maximum absolute atomic E-state index is 12.4. The Hall–Kier alpha value is -1.35. The fourth-order valence-electron chi connectivity index (χ4n) is 2.67. The molecule has 0 radical (unpaired) electrons. The summed E-state index contributed by atoms with van der Waals surface area (Å²) in [6.45, 7) is 0.624. The monoisotopic (exact) mass is 232 g/mol. The highest BCUT2D eigenvalue weighted by Gasteiger charge is 2.33. The van der Waals surface area contributed by atoms with Gasteiger partial charge in [-0.2, -0.15) is 0 Å². The lowest BCUT2D eigenvalue weighted by atomic mass is 9.95. The van der Waals surface area contributed by atoms with E-state index in [0.29, 0.717) is 12.5 Å². The van der Waals surface area contributed by atoms with E-state index < -0.39 is 0 Å². The topological polar surface area (TPSA) is 46.3 Å². The van der Waals surface area contributed by atoms with Gasteiger partial charge < -0.3 is 10.6 Å². The third kappa shape index (κ3) is 2.50. The Kier molecular flexibility index (Phi) is 3.79. The van der Waals surface area contributed by atoms with Crippen molar-refractivity contribution < 1.29 is 4.79 Å². The van der Waals surface area contributed by atoms with Crippen LogP contribution in [0.25, 0.3) is 0 Å². The molecule has 0 heterocycles. The molecule has 1 aliphatic carbocycles. The SMILES string of the molecule is CN(C(=O)C1CCCC1CN)c1ccccc1. The summed E-state index contributed by atoms with van der Waals surface area (Å²) in [4.78, 5) is 14.1. The molecule has 3 nitrogen and oxygen atoms in total. The van der Waals surface area contributed by atoms with Gasteiger partial charge in [0.05, 0.1) is 0 Å². The average molecular weight is 232 g/mol. The van der Waals surface area contributed by atoms with Crippen LogP contribution in [-0.2, 0) is 4.79 Å². The number of hydrogen-bond acceptors (Lipinski definition) is 2. The van der Waals surface area contributed by atoms with Crippen molar-refractivity contribution in [3.05, 3.63) is 30.3 Å². The van der Waals surface area contributed by atoms with Crippen LogP contribution in [0.15, 0.2) is 30.3 Å². The van der Waals surface area contributed by atoms with Crippen LogP contribution >= 0.6 is 0 Å². The van der Waals surface area contributed by atoms with Crippen LogP contribution in [0.5, 0.6) is 0 Å². The number of anilines is 1. The van der Waals surface area contributed by atoms with Crippen LogP contribution in [-0.4, -0.2) is 19.5 Å². The summed E-state index contributed by atoms with van der Waals surface area (Å²) in [5.74, 6) is 0.697. The second-order valence-corrected chi connectivity index (χ2v) is 4.77. The molecule has 2 rings (SSSR count). The van der Waals surface area contributed by atoms with E-state index in [4.69, 9.17) is 5.73 Å². The normalized spacial score (nSPS) is 23.6. The van der Waals surface area contributed by atoms with Crippen LogP contribution in [0.1, 0.15) is 19.3 Å². The first kappa shape index (κ1) is 12.1. The summed E-state index contributed by atoms with van der Waals surface area (Å²) in [6, 6.07) is 9.79. The highest BCUT2D eigenvalue weighted by molar-refractivity contribution is 5.94. The van der Waals surface area contributed by atoms with Crippen molar-refractivity contribution in [2.24, 2.45) is 17.6 Å². The van der Waals surface area contributed by atoms with Gasteiger partial charge in [-0.05, 0) is 37.4 Å². The maximum Gasteiger partial charge on any atom is 0.230 e. The molecule has 1 saturated carbocycles. The minimum absolute atomic E-state index is 0.116. The first-order valence-electron chi connectivity index (χ1n) is 6.26. The van der Waals surface area contributed by atoms with Crippen LogP contribution in [0, 0.1) is 11.8 Å². The molecule has 3 heteroatoms. The highest BCUT2D eigenvalue weighted by Crippen LogP contribution is 2.33. The summed E-state index contributed by atoms with van der Waals surface area (Å²) < 4.78 is 0. The van der Waals surface area contributed by atoms with Crippen molar-refractivity contribution in [2.45, 2.75) is 19.3 Å². The van der Waals surface area contributed by atoms with Crippen LogP contribution in [0.2, 0.25) is 0 Å². The number of carbonyl (C=O) groups is 1. The van der Waals surface area contributed by atoms with E-state index in [1.54, 1.807) is 4.90 Å². The lowest BCUT2D eigenvalue weighted by molar-refractivity contribution is -0.123. The number of rotatable bonds is 3. The lowest BCUT2D eigenvalue weighted by Gasteiger charge is -2.24. The van der Waals surface area contributed by atoms with Gasteiger partial charge in [0, 0.05) is 18.7 Å². The van der Waals surface area contributed by atoms with E-state index >= 15 is 0 Å². The molecule has 0 spiro atoms. The standard InChI is InChI=1S/C14H20N2O/c1-16(12-7-3-2-4-8-12)14(17)13-9-5-6-11(13)10-15/h2-4,7-8,11,13H,5-6,9-10,15H2,1H3. The van der Waals surface area contributed by atoms with Crippen molar-refractivity contribution in [1.29, 1.82) is 0 Å². The molecule has 0 aromatic heterocycles. The molecule has 1 amide bonds. The van der Waals surface area contributed by atoms with E-state index in [-0.39, 0.29) is 11.8 Å². The van der Waals surface area contributed by atoms with Gasteiger partial charge in [-0.15, -0.1) is 0 Å². The Labute approximate surface area is 103 Å². The number of para-hydroxylation sites is 1. The van der Waals surface area contributed by atoms with Gasteiger partial charge in [0.1, 0.15) is 0 Å². The third-order valence-corrected chi connectivity index (χ3v) is 3.75. The molecule has 0 bridgehead atoms. The molecule has 2 atom stereocenters. The number of benzene rings is 1. The second kappa shape index (κ2) is 5.32. The molecule has 0 saturated heterocycles. The molecule has 1 aliphatic rings. The zero-order chi connectivity index (χ0) is 12.3. The van der Waals surface area contributed by atoms with Gasteiger partial charge in [0.2, 0.25) is 5.91 Å². The van der Waals surface area contributed by atoms with Gasteiger partial charge in [-0.25, -0.2) is 0 Å². The fourth-order valence-corrected chi connectivity index (χ4v) is 2.67. The number of nitrogens with two attached hydrogens (primary N) is 1. The molecular formula is C14H20N2O. The van der Waals surface area contributed by atoms with Crippen molar-refractivity contribution in [2.75, 3.05) is 18.5 Å². The van der Waals surface area contributed by atoms with Gasteiger partial charge in [0.15, 0.2) is 0 Å². The Balaban J connectivity index is 2.10. The quantitative estimate of drug-likeness (QED) is 0.866. The first-order valence-corrected chi connectivity index (χ1v) is 6.26. The average Bonchev–Trinajstić information content (AvgIpc) is 2.86. The summed E-state index contributed by atoms with van der Waals surface area (Å²) in [5.41, 5.74) is 6.69. The van der Waals surface area contributed by atoms with E-state index in [1.165, 1.54) is 0 Å². The highest BCUT2D eigenvalue weighted by atomic mass is 16.2. The van der Waals surface area contributed by atoms with Crippen molar-refractivity contribution in [3.63, 3.8) is 0 Å². The van der Waals surface area contributed by atoms with Crippen LogP contribution in [0.4, 0.5) is 5.69 Å². The van der Waals surface area contributed by atoms with E-state index in [0.717, 1.165) is 24.9 Å². The molecule has 1 fully saturated rings. The third-order valence-electron chi connectivity index (χ3n) is 3.75. The molecule has 1 aromatic carbocycles. The molecule has 2 unspecified atom stereocenters. The van der Waals surface area contributed by atoms with Crippen molar-refractivity contribution in [3.8, 4) is 0 Å². The molecule has 17 heavy (non-hydrogen) atoms. The molecule has 2 N–H and O–H groups in total. The van der Waals surface area contributed by atoms with Crippen molar-refractivity contribution >= 4 is 11.6 Å². The summed E-state index contributed by atoms with van der Waals surface area (Å²) >= 11 is 0. The van der Waals surface area contributed by atoms with Crippen molar-refractivity contribution in [1.82, 2.24) is 0 Å². The van der Waals surface area contributed by atoms with Crippen LogP contribution in [0.3, 0.4) is 0 Å². The Morgan fingerprint density at radius 1 is 1.35 bits per heavy atom. The van der Waals surface area contributed by atoms with Crippen LogP contribution < -0.4 is 10.6 Å². The zero-order valence-electron chi connectivity index (χ0n) is 10.3. The summed E-state index contributed by atoms with van der Waals surface area (Å²) in [5, 5.41) is 0. The lowest BCUT2D eigenvalue weighted by Crippen LogP contribution is -2.36. The number of hydrogen-bond donors (Lipinski definition) is 1. The minimum Gasteiger partial charge on any atom is -0.330 e. The molecular weight excluding hydrogens is 212 g/mol. The maximum atomic E-state index is 12.4. The zero-order valence-corrected chi connectivity index (χ0v) is 10.3. The van der Waals surface area contributed by atoms with E-state index in [2.05, 4.69) is 0 Å². The largest absolute Gasteiger partial charge is 0.330 e. The predicted molar refractivity (Wildman–Crippen MR) is 69.7 cm³/mol. The van der Waals surface area contributed by atoms with Gasteiger partial charge >= 0.3 is 0 Å². The van der Waals surface area contributed by atoms with Gasteiger partial charge in [-0.1, -0.05) is 24.6 Å². The molecule has 0 aliphatic heterocycles. The summed E-state index contributed by atoms with van der Waals surface area (Å²) in [6.07, 6.45) is 3.20. The fraction of sp³-hybridized carbons (Fsp3) is 0.500. The van der Waals surface area contributed by atoms with Gasteiger partial charge in [0.25, 0.3) is 0 Å². The number of carbonyl (C=O) groups excluding carboxylic acids is 1. The first-order chi connectivity index (χ1) is 8.24. The second-order valence-electron chi connectivity index (χ2n) is 4.77. The summed E-state index contributed by atoms with van der Waals surface area (Å²) in [7, 11) is 1.85. The number of nitrogens with zero attached hydrogens (tertiary/aromatic N) is 1. The molecule has 1 aromatic rings. The minimum atomic E-state index is 0.116. The predicted octanol–water partition coefficient (Wildman–Crippen LogP) is 2.02. The Bertz CT molecular complexity index is 377. The Morgan fingerprint density at radius 3 is 2.71 bits per heavy atom. The van der Waals surface area contributed by atoms with E-state index in [1.807, 2.05) is 37.4 Å². The number of amides is 1. The Morgan fingerprint density at radius 2 is 2.06 bits per heavy atom. The van der Waals surface area contributed by atoms with E-state index in [9.17, 15) is 4.79 Å². The smallest absolute Gasteiger partial charge is 0.230 e. The molecule has 92 valence electrons.